The quantitative estimate of drug-likeness (QED) is 0.753. The Morgan fingerprint density at radius 2 is 1.74 bits per heavy atom. The zero-order valence-corrected chi connectivity index (χ0v) is 14.8. The van der Waals surface area contributed by atoms with Crippen molar-refractivity contribution in [3.63, 3.8) is 0 Å². The molecule has 0 saturated carbocycles. The van der Waals surface area contributed by atoms with Crippen molar-refractivity contribution in [1.29, 1.82) is 0 Å². The van der Waals surface area contributed by atoms with Gasteiger partial charge in [-0.15, -0.1) is 0 Å². The predicted molar refractivity (Wildman–Crippen MR) is 92.5 cm³/mol. The summed E-state index contributed by atoms with van der Waals surface area (Å²) in [6, 6.07) is 0.0593. The van der Waals surface area contributed by atoms with Crippen molar-refractivity contribution in [2.75, 3.05) is 65.5 Å². The van der Waals surface area contributed by atoms with Crippen LogP contribution in [0, 0.1) is 11.8 Å². The third-order valence-corrected chi connectivity index (χ3v) is 5.24. The number of hydrogen-bond donors (Lipinski definition) is 2. The van der Waals surface area contributed by atoms with Gasteiger partial charge in [0, 0.05) is 59.0 Å². The van der Waals surface area contributed by atoms with E-state index in [1.165, 1.54) is 0 Å². The Morgan fingerprint density at radius 3 is 2.30 bits per heavy atom. The summed E-state index contributed by atoms with van der Waals surface area (Å²) in [7, 11) is 0. The Kier molecular flexibility index (Phi) is 7.59. The number of likely N-dealkylation sites (N-methyl/N-ethyl adjacent to an activating group) is 1. The lowest BCUT2D eigenvalue weighted by Crippen LogP contribution is -2.49. The molecule has 0 aromatic heterocycles. The van der Waals surface area contributed by atoms with Gasteiger partial charge in [-0.3, -0.25) is 0 Å². The van der Waals surface area contributed by atoms with Crippen LogP contribution >= 0.6 is 0 Å². The highest BCUT2D eigenvalue weighted by atomic mass is 16.3. The van der Waals surface area contributed by atoms with Crippen molar-refractivity contribution in [1.82, 2.24) is 20.0 Å². The number of piperidine rings is 1. The van der Waals surface area contributed by atoms with Gasteiger partial charge in [0.1, 0.15) is 0 Å². The number of amides is 2. The van der Waals surface area contributed by atoms with Crippen LogP contribution in [0.4, 0.5) is 4.79 Å². The van der Waals surface area contributed by atoms with Gasteiger partial charge >= 0.3 is 6.03 Å². The molecule has 2 saturated heterocycles. The summed E-state index contributed by atoms with van der Waals surface area (Å²) in [5.41, 5.74) is 0. The van der Waals surface area contributed by atoms with Crippen molar-refractivity contribution in [3.05, 3.63) is 0 Å². The van der Waals surface area contributed by atoms with Crippen LogP contribution in [0.1, 0.15) is 26.7 Å². The van der Waals surface area contributed by atoms with E-state index < -0.39 is 0 Å². The Labute approximate surface area is 140 Å². The molecular formula is C17H34N4O2. The van der Waals surface area contributed by atoms with E-state index in [0.717, 1.165) is 71.7 Å². The number of hydrogen-bond acceptors (Lipinski definition) is 4. The van der Waals surface area contributed by atoms with Crippen molar-refractivity contribution in [2.24, 2.45) is 11.8 Å². The average molecular weight is 326 g/mol. The summed E-state index contributed by atoms with van der Waals surface area (Å²) in [4.78, 5) is 19.1. The molecule has 2 amide bonds. The number of urea groups is 1. The second kappa shape index (κ2) is 9.45. The average Bonchev–Trinajstić information content (AvgIpc) is 2.60. The molecule has 2 N–H and O–H groups in total. The van der Waals surface area contributed by atoms with E-state index in [1.54, 1.807) is 0 Å². The van der Waals surface area contributed by atoms with Gasteiger partial charge in [-0.2, -0.15) is 0 Å². The third-order valence-electron chi connectivity index (χ3n) is 5.24. The van der Waals surface area contributed by atoms with Crippen LogP contribution in [-0.4, -0.2) is 91.3 Å². The standard InChI is InChI=1S/C17H34N4O2/c1-3-19-8-10-20(11-9-19)13-15(2)12-18-17(23)21-6-4-16(14-22)5-7-21/h15-16,22H,3-14H2,1-2H3,(H,18,23). The van der Waals surface area contributed by atoms with Crippen molar-refractivity contribution in [2.45, 2.75) is 26.7 Å². The lowest BCUT2D eigenvalue weighted by Gasteiger charge is -2.35. The molecule has 2 fully saturated rings. The normalized spacial score (nSPS) is 23.0. The summed E-state index contributed by atoms with van der Waals surface area (Å²) in [5, 5.41) is 12.2. The Bertz CT molecular complexity index is 351. The fourth-order valence-electron chi connectivity index (χ4n) is 3.49. The topological polar surface area (TPSA) is 59.0 Å². The predicted octanol–water partition coefficient (Wildman–Crippen LogP) is 0.674. The van der Waals surface area contributed by atoms with Gasteiger partial charge in [0.2, 0.25) is 0 Å². The molecular weight excluding hydrogens is 292 g/mol. The zero-order valence-electron chi connectivity index (χ0n) is 14.8. The minimum absolute atomic E-state index is 0.0593. The molecule has 0 bridgehead atoms. The molecule has 1 atom stereocenters. The highest BCUT2D eigenvalue weighted by Gasteiger charge is 2.23. The van der Waals surface area contributed by atoms with Crippen LogP contribution in [0.25, 0.3) is 0 Å². The van der Waals surface area contributed by atoms with E-state index in [2.05, 4.69) is 29.0 Å². The lowest BCUT2D eigenvalue weighted by atomic mass is 9.98. The summed E-state index contributed by atoms with van der Waals surface area (Å²) in [6.07, 6.45) is 1.84. The Balaban J connectivity index is 1.60. The summed E-state index contributed by atoms with van der Waals surface area (Å²) < 4.78 is 0. The summed E-state index contributed by atoms with van der Waals surface area (Å²) >= 11 is 0. The van der Waals surface area contributed by atoms with Crippen LogP contribution in [0.15, 0.2) is 0 Å². The molecule has 0 spiro atoms. The van der Waals surface area contributed by atoms with Crippen LogP contribution in [0.2, 0.25) is 0 Å². The van der Waals surface area contributed by atoms with Gasteiger partial charge in [-0.1, -0.05) is 13.8 Å². The lowest BCUT2D eigenvalue weighted by molar-refractivity contribution is 0.121. The first-order valence-electron chi connectivity index (χ1n) is 9.20. The van der Waals surface area contributed by atoms with Crippen molar-refractivity contribution in [3.8, 4) is 0 Å². The molecule has 2 heterocycles. The molecule has 0 radical (unpaired) electrons. The van der Waals surface area contributed by atoms with E-state index in [-0.39, 0.29) is 12.6 Å². The third kappa shape index (κ3) is 5.94. The molecule has 0 aromatic rings. The maximum absolute atomic E-state index is 12.2. The molecule has 134 valence electrons. The molecule has 2 rings (SSSR count). The number of nitrogens with one attached hydrogen (secondary N) is 1. The number of piperazine rings is 1. The Hall–Kier alpha value is -0.850. The first-order chi connectivity index (χ1) is 11.1. The monoisotopic (exact) mass is 326 g/mol. The minimum atomic E-state index is 0.0593. The SMILES string of the molecule is CCN1CCN(CC(C)CNC(=O)N2CCC(CO)CC2)CC1. The molecule has 2 aliphatic rings. The van der Waals surface area contributed by atoms with Crippen molar-refractivity contribution < 1.29 is 9.90 Å². The van der Waals surface area contributed by atoms with E-state index in [9.17, 15) is 4.79 Å². The largest absolute Gasteiger partial charge is 0.396 e. The van der Waals surface area contributed by atoms with Crippen LogP contribution in [-0.2, 0) is 0 Å². The minimum Gasteiger partial charge on any atom is -0.396 e. The number of carbonyl (C=O) groups excluding carboxylic acids is 1. The summed E-state index contributed by atoms with van der Waals surface area (Å²) in [5.74, 6) is 0.849. The molecule has 6 nitrogen and oxygen atoms in total. The smallest absolute Gasteiger partial charge is 0.317 e. The first kappa shape index (κ1) is 18.5. The maximum Gasteiger partial charge on any atom is 0.317 e. The number of rotatable bonds is 6. The van der Waals surface area contributed by atoms with E-state index >= 15 is 0 Å². The molecule has 0 aliphatic carbocycles. The van der Waals surface area contributed by atoms with Crippen LogP contribution < -0.4 is 5.32 Å². The van der Waals surface area contributed by atoms with Gasteiger partial charge in [0.05, 0.1) is 0 Å². The van der Waals surface area contributed by atoms with Gasteiger partial charge in [-0.05, 0) is 31.2 Å². The molecule has 0 aromatic carbocycles. The van der Waals surface area contributed by atoms with Crippen LogP contribution in [0.3, 0.4) is 0 Å². The second-order valence-electron chi connectivity index (χ2n) is 7.14. The van der Waals surface area contributed by atoms with Gasteiger partial charge in [0.25, 0.3) is 0 Å². The van der Waals surface area contributed by atoms with E-state index in [4.69, 9.17) is 5.11 Å². The molecule has 23 heavy (non-hydrogen) atoms. The number of carbonyl (C=O) groups is 1. The number of nitrogens with zero attached hydrogens (tertiary/aromatic N) is 3. The Morgan fingerprint density at radius 1 is 1.13 bits per heavy atom. The van der Waals surface area contributed by atoms with E-state index in [0.29, 0.717) is 11.8 Å². The van der Waals surface area contributed by atoms with Crippen molar-refractivity contribution >= 4 is 6.03 Å². The zero-order chi connectivity index (χ0) is 16.7. The summed E-state index contributed by atoms with van der Waals surface area (Å²) in [6.45, 7) is 13.8. The highest BCUT2D eigenvalue weighted by molar-refractivity contribution is 5.74. The van der Waals surface area contributed by atoms with Gasteiger partial charge in [0.15, 0.2) is 0 Å². The maximum atomic E-state index is 12.2. The second-order valence-corrected chi connectivity index (χ2v) is 7.14. The number of likely N-dealkylation sites (tertiary alicyclic amines) is 1. The number of aliphatic hydroxyl groups is 1. The first-order valence-corrected chi connectivity index (χ1v) is 9.20. The molecule has 1 unspecified atom stereocenters. The molecule has 2 aliphatic heterocycles. The fourth-order valence-corrected chi connectivity index (χ4v) is 3.49. The van der Waals surface area contributed by atoms with Gasteiger partial charge in [-0.25, -0.2) is 4.79 Å². The van der Waals surface area contributed by atoms with Crippen LogP contribution in [0.5, 0.6) is 0 Å². The van der Waals surface area contributed by atoms with E-state index in [1.807, 2.05) is 4.90 Å². The number of aliphatic hydroxyl groups excluding tert-OH is 1. The fraction of sp³-hybridized carbons (Fsp3) is 0.941. The highest BCUT2D eigenvalue weighted by Crippen LogP contribution is 2.16. The van der Waals surface area contributed by atoms with Gasteiger partial charge < -0.3 is 25.1 Å². The molecule has 6 heteroatoms.